The van der Waals surface area contributed by atoms with Crippen molar-refractivity contribution in [2.24, 2.45) is 0 Å². The molecule has 0 radical (unpaired) electrons. The smallest absolute Gasteiger partial charge is 0.237 e. The first-order valence-corrected chi connectivity index (χ1v) is 7.05. The molecule has 3 N–H and O–H groups in total. The highest BCUT2D eigenvalue weighted by Crippen LogP contribution is 2.29. The third-order valence-corrected chi connectivity index (χ3v) is 4.12. The molecular weight excluding hydrogens is 228 g/mol. The normalized spacial score (nSPS) is 20.7. The Hall–Kier alpha value is -0.610. The van der Waals surface area contributed by atoms with E-state index in [4.69, 9.17) is 0 Å². The van der Waals surface area contributed by atoms with E-state index < -0.39 is 0 Å². The fourth-order valence-electron chi connectivity index (χ4n) is 2.45. The fraction of sp³-hybridized carbons (Fsp3) is 0.929. The summed E-state index contributed by atoms with van der Waals surface area (Å²) >= 11 is 0. The maximum atomic E-state index is 12.1. The Morgan fingerprint density at radius 3 is 2.39 bits per heavy atom. The average Bonchev–Trinajstić information content (AvgIpc) is 2.77. The molecule has 0 spiro atoms. The lowest BCUT2D eigenvalue weighted by atomic mass is 9.97. The Bertz CT molecular complexity index is 284. The number of aliphatic hydroxyl groups is 1. The van der Waals surface area contributed by atoms with Gasteiger partial charge < -0.3 is 10.4 Å². The van der Waals surface area contributed by atoms with Crippen LogP contribution in [0.2, 0.25) is 0 Å². The first kappa shape index (κ1) is 15.4. The van der Waals surface area contributed by atoms with Gasteiger partial charge in [-0.1, -0.05) is 19.8 Å². The Balaban J connectivity index is 2.54. The summed E-state index contributed by atoms with van der Waals surface area (Å²) in [6, 6.07) is -0.263. The summed E-state index contributed by atoms with van der Waals surface area (Å²) in [4.78, 5) is 12.1. The summed E-state index contributed by atoms with van der Waals surface area (Å²) in [7, 11) is 0. The molecule has 4 nitrogen and oxygen atoms in total. The Kier molecular flexibility index (Phi) is 5.17. The van der Waals surface area contributed by atoms with E-state index in [-0.39, 0.29) is 29.6 Å². The number of amides is 1. The van der Waals surface area contributed by atoms with Crippen LogP contribution >= 0.6 is 0 Å². The third kappa shape index (κ3) is 3.95. The van der Waals surface area contributed by atoms with Crippen LogP contribution in [0.3, 0.4) is 0 Å². The van der Waals surface area contributed by atoms with Gasteiger partial charge in [-0.25, -0.2) is 0 Å². The standard InChI is InChI=1S/C14H28N2O2/c1-5-13(3,4)16-12(18)11(2)15-14(10-17)8-6-7-9-14/h11,15,17H,5-10H2,1-4H3,(H,16,18). The Morgan fingerprint density at radius 1 is 1.39 bits per heavy atom. The number of carbonyl (C=O) groups excluding carboxylic acids is 1. The van der Waals surface area contributed by atoms with Crippen LogP contribution in [-0.2, 0) is 4.79 Å². The maximum Gasteiger partial charge on any atom is 0.237 e. The van der Waals surface area contributed by atoms with Gasteiger partial charge in [-0.15, -0.1) is 0 Å². The molecule has 0 aromatic heterocycles. The van der Waals surface area contributed by atoms with Gasteiger partial charge in [0, 0.05) is 11.1 Å². The number of nitrogens with one attached hydrogen (secondary N) is 2. The van der Waals surface area contributed by atoms with Crippen LogP contribution in [0.25, 0.3) is 0 Å². The van der Waals surface area contributed by atoms with Crippen LogP contribution in [0.4, 0.5) is 0 Å². The molecule has 1 unspecified atom stereocenters. The highest BCUT2D eigenvalue weighted by atomic mass is 16.3. The molecule has 1 amide bonds. The zero-order valence-electron chi connectivity index (χ0n) is 12.2. The lowest BCUT2D eigenvalue weighted by Crippen LogP contribution is -2.57. The van der Waals surface area contributed by atoms with Crippen molar-refractivity contribution in [2.45, 2.75) is 76.9 Å². The predicted octanol–water partition coefficient (Wildman–Crippen LogP) is 1.57. The molecule has 1 rings (SSSR count). The summed E-state index contributed by atoms with van der Waals surface area (Å²) in [6.07, 6.45) is 5.07. The lowest BCUT2D eigenvalue weighted by molar-refractivity contribution is -0.125. The van der Waals surface area contributed by atoms with E-state index in [9.17, 15) is 9.90 Å². The van der Waals surface area contributed by atoms with Crippen LogP contribution in [-0.4, -0.2) is 34.7 Å². The molecule has 1 aliphatic rings. The van der Waals surface area contributed by atoms with Crippen LogP contribution in [0.15, 0.2) is 0 Å². The molecule has 0 bridgehead atoms. The molecule has 1 atom stereocenters. The van der Waals surface area contributed by atoms with Gasteiger partial charge in [0.25, 0.3) is 0 Å². The summed E-state index contributed by atoms with van der Waals surface area (Å²) in [5.74, 6) is 0.0153. The van der Waals surface area contributed by atoms with E-state index in [2.05, 4.69) is 17.6 Å². The largest absolute Gasteiger partial charge is 0.394 e. The molecule has 0 aliphatic heterocycles. The van der Waals surface area contributed by atoms with Gasteiger partial charge in [0.15, 0.2) is 0 Å². The van der Waals surface area contributed by atoms with Gasteiger partial charge >= 0.3 is 0 Å². The first-order chi connectivity index (χ1) is 8.34. The maximum absolute atomic E-state index is 12.1. The average molecular weight is 256 g/mol. The molecule has 1 fully saturated rings. The number of hydrogen-bond acceptors (Lipinski definition) is 3. The van der Waals surface area contributed by atoms with Crippen molar-refractivity contribution in [1.82, 2.24) is 10.6 Å². The monoisotopic (exact) mass is 256 g/mol. The van der Waals surface area contributed by atoms with Gasteiger partial charge in [-0.3, -0.25) is 10.1 Å². The summed E-state index contributed by atoms with van der Waals surface area (Å²) in [5, 5.41) is 15.9. The number of aliphatic hydroxyl groups excluding tert-OH is 1. The molecule has 106 valence electrons. The van der Waals surface area contributed by atoms with Crippen LogP contribution in [0, 0.1) is 0 Å². The molecule has 1 aliphatic carbocycles. The van der Waals surface area contributed by atoms with Crippen molar-refractivity contribution in [1.29, 1.82) is 0 Å². The van der Waals surface area contributed by atoms with Gasteiger partial charge in [0.05, 0.1) is 12.6 Å². The minimum Gasteiger partial charge on any atom is -0.394 e. The van der Waals surface area contributed by atoms with Gasteiger partial charge in [-0.2, -0.15) is 0 Å². The SMILES string of the molecule is CCC(C)(C)NC(=O)C(C)NC1(CO)CCCC1. The summed E-state index contributed by atoms with van der Waals surface area (Å²) < 4.78 is 0. The fourth-order valence-corrected chi connectivity index (χ4v) is 2.45. The second-order valence-corrected chi connectivity index (χ2v) is 6.24. The van der Waals surface area contributed by atoms with Gasteiger partial charge in [-0.05, 0) is 40.0 Å². The molecule has 4 heteroatoms. The Morgan fingerprint density at radius 2 is 1.94 bits per heavy atom. The highest BCUT2D eigenvalue weighted by molar-refractivity contribution is 5.82. The zero-order chi connectivity index (χ0) is 13.8. The molecule has 18 heavy (non-hydrogen) atoms. The molecule has 0 heterocycles. The topological polar surface area (TPSA) is 61.4 Å². The summed E-state index contributed by atoms with van der Waals surface area (Å²) in [6.45, 7) is 8.09. The van der Waals surface area contributed by atoms with E-state index >= 15 is 0 Å². The number of carbonyl (C=O) groups is 1. The van der Waals surface area contributed by atoms with Crippen LogP contribution in [0.1, 0.15) is 59.8 Å². The molecule has 0 aromatic rings. The van der Waals surface area contributed by atoms with Gasteiger partial charge in [0.1, 0.15) is 0 Å². The van der Waals surface area contributed by atoms with E-state index in [1.807, 2.05) is 20.8 Å². The molecular formula is C14H28N2O2. The Labute approximate surface area is 111 Å². The van der Waals surface area contributed by atoms with E-state index in [0.29, 0.717) is 0 Å². The second-order valence-electron chi connectivity index (χ2n) is 6.24. The van der Waals surface area contributed by atoms with E-state index in [1.165, 1.54) is 0 Å². The zero-order valence-corrected chi connectivity index (χ0v) is 12.2. The second kappa shape index (κ2) is 6.02. The van der Waals surface area contributed by atoms with Crippen LogP contribution < -0.4 is 10.6 Å². The third-order valence-electron chi connectivity index (χ3n) is 4.12. The number of hydrogen-bond donors (Lipinski definition) is 3. The highest BCUT2D eigenvalue weighted by Gasteiger charge is 2.36. The lowest BCUT2D eigenvalue weighted by Gasteiger charge is -2.33. The van der Waals surface area contributed by atoms with E-state index in [0.717, 1.165) is 32.1 Å². The number of rotatable bonds is 6. The molecule has 1 saturated carbocycles. The van der Waals surface area contributed by atoms with Crippen molar-refractivity contribution >= 4 is 5.91 Å². The molecule has 0 saturated heterocycles. The molecule has 0 aromatic carbocycles. The minimum absolute atomic E-state index is 0.0153. The van der Waals surface area contributed by atoms with Crippen molar-refractivity contribution in [3.63, 3.8) is 0 Å². The summed E-state index contributed by atoms with van der Waals surface area (Å²) in [5.41, 5.74) is -0.414. The van der Waals surface area contributed by atoms with Crippen molar-refractivity contribution in [3.8, 4) is 0 Å². The van der Waals surface area contributed by atoms with Crippen molar-refractivity contribution in [2.75, 3.05) is 6.61 Å². The van der Waals surface area contributed by atoms with Crippen molar-refractivity contribution < 1.29 is 9.90 Å². The first-order valence-electron chi connectivity index (χ1n) is 7.05. The quantitative estimate of drug-likeness (QED) is 0.676. The predicted molar refractivity (Wildman–Crippen MR) is 73.4 cm³/mol. The minimum atomic E-state index is -0.263. The van der Waals surface area contributed by atoms with Gasteiger partial charge in [0.2, 0.25) is 5.91 Å². The van der Waals surface area contributed by atoms with E-state index in [1.54, 1.807) is 0 Å². The van der Waals surface area contributed by atoms with Crippen LogP contribution in [0.5, 0.6) is 0 Å². The van der Waals surface area contributed by atoms with Crippen molar-refractivity contribution in [3.05, 3.63) is 0 Å².